The van der Waals surface area contributed by atoms with E-state index in [1.54, 1.807) is 11.3 Å². The summed E-state index contributed by atoms with van der Waals surface area (Å²) in [6, 6.07) is -0.794. The van der Waals surface area contributed by atoms with E-state index in [1.165, 1.54) is 0 Å². The number of carbonyl (C=O) groups is 1. The quantitative estimate of drug-likeness (QED) is 0.711. The molecule has 78 valence electrons. The first-order valence-corrected chi connectivity index (χ1v) is 5.39. The van der Waals surface area contributed by atoms with Crippen molar-refractivity contribution in [3.63, 3.8) is 0 Å². The Kier molecular flexibility index (Phi) is 3.60. The molecule has 1 aromatic rings. The van der Waals surface area contributed by atoms with Crippen LogP contribution < -0.4 is 10.3 Å². The van der Waals surface area contributed by atoms with Crippen molar-refractivity contribution in [3.8, 4) is 0 Å². The standard InChI is InChI=1S/C9H14N2O2S/c1-3-11-5-14-8(6(11)2)4-7(10)9(12)13/h5,7H,3-4,10H2,1-2H3/p+1/t7-/m0/s1. The molecule has 0 saturated heterocycles. The summed E-state index contributed by atoms with van der Waals surface area (Å²) >= 11 is 1.57. The van der Waals surface area contributed by atoms with E-state index < -0.39 is 12.0 Å². The molecule has 0 amide bonds. The molecule has 5 heteroatoms. The van der Waals surface area contributed by atoms with Gasteiger partial charge in [-0.3, -0.25) is 4.79 Å². The maximum atomic E-state index is 10.6. The molecule has 1 heterocycles. The summed E-state index contributed by atoms with van der Waals surface area (Å²) in [5.41, 5.74) is 8.58. The maximum absolute atomic E-state index is 10.6. The Morgan fingerprint density at radius 1 is 1.79 bits per heavy atom. The Hall–Kier alpha value is -0.940. The zero-order valence-corrected chi connectivity index (χ0v) is 9.17. The molecular weight excluding hydrogens is 200 g/mol. The van der Waals surface area contributed by atoms with Crippen LogP contribution in [0.25, 0.3) is 0 Å². The van der Waals surface area contributed by atoms with Crippen molar-refractivity contribution in [1.29, 1.82) is 0 Å². The highest BCUT2D eigenvalue weighted by atomic mass is 32.1. The monoisotopic (exact) mass is 215 g/mol. The molecule has 0 saturated carbocycles. The van der Waals surface area contributed by atoms with Crippen molar-refractivity contribution in [2.45, 2.75) is 32.9 Å². The van der Waals surface area contributed by atoms with Gasteiger partial charge in [0.15, 0.2) is 5.69 Å². The lowest BCUT2D eigenvalue weighted by molar-refractivity contribution is -0.694. The number of rotatable bonds is 4. The highest BCUT2D eigenvalue weighted by Gasteiger charge is 2.19. The molecule has 0 spiro atoms. The van der Waals surface area contributed by atoms with Gasteiger partial charge in [0.2, 0.25) is 5.51 Å². The van der Waals surface area contributed by atoms with Crippen LogP contribution in [0, 0.1) is 6.92 Å². The first kappa shape index (κ1) is 11.1. The normalized spacial score (nSPS) is 12.8. The van der Waals surface area contributed by atoms with Crippen molar-refractivity contribution in [2.24, 2.45) is 5.73 Å². The summed E-state index contributed by atoms with van der Waals surface area (Å²) in [6.45, 7) is 4.95. The molecule has 0 unspecified atom stereocenters. The number of nitrogens with zero attached hydrogens (tertiary/aromatic N) is 1. The zero-order valence-electron chi connectivity index (χ0n) is 8.36. The van der Waals surface area contributed by atoms with Gasteiger partial charge in [-0.05, 0) is 6.92 Å². The fraction of sp³-hybridized carbons (Fsp3) is 0.556. The molecule has 0 radical (unpaired) electrons. The number of thiazole rings is 1. The van der Waals surface area contributed by atoms with E-state index in [2.05, 4.69) is 11.5 Å². The molecule has 4 nitrogen and oxygen atoms in total. The molecule has 1 rings (SSSR count). The number of aliphatic carboxylic acids is 1. The largest absolute Gasteiger partial charge is 0.480 e. The molecule has 0 aliphatic carbocycles. The maximum Gasteiger partial charge on any atom is 0.320 e. The Balaban J connectivity index is 2.77. The summed E-state index contributed by atoms with van der Waals surface area (Å²) in [5, 5.41) is 8.67. The molecule has 0 fully saturated rings. The Morgan fingerprint density at radius 3 is 2.86 bits per heavy atom. The zero-order chi connectivity index (χ0) is 10.7. The smallest absolute Gasteiger partial charge is 0.320 e. The Labute approximate surface area is 87.0 Å². The minimum atomic E-state index is -0.944. The van der Waals surface area contributed by atoms with Crippen molar-refractivity contribution in [1.82, 2.24) is 0 Å². The molecule has 1 aromatic heterocycles. The number of aryl methyl sites for hydroxylation is 1. The molecule has 0 aliphatic rings. The average Bonchev–Trinajstić information content (AvgIpc) is 2.47. The van der Waals surface area contributed by atoms with E-state index in [-0.39, 0.29) is 0 Å². The number of aromatic nitrogens is 1. The number of carboxylic acid groups (broad SMARTS) is 1. The van der Waals surface area contributed by atoms with Gasteiger partial charge >= 0.3 is 5.97 Å². The number of nitrogens with two attached hydrogens (primary N) is 1. The lowest BCUT2D eigenvalue weighted by Gasteiger charge is -2.02. The van der Waals surface area contributed by atoms with Crippen LogP contribution in [0.1, 0.15) is 17.5 Å². The highest BCUT2D eigenvalue weighted by Crippen LogP contribution is 2.12. The van der Waals surface area contributed by atoms with Crippen LogP contribution in [0.2, 0.25) is 0 Å². The molecule has 0 aromatic carbocycles. The lowest BCUT2D eigenvalue weighted by atomic mass is 10.2. The summed E-state index contributed by atoms with van der Waals surface area (Å²) in [5.74, 6) is -0.944. The second kappa shape index (κ2) is 4.52. The molecule has 14 heavy (non-hydrogen) atoms. The van der Waals surface area contributed by atoms with Crippen molar-refractivity contribution in [3.05, 3.63) is 16.1 Å². The fourth-order valence-electron chi connectivity index (χ4n) is 1.25. The van der Waals surface area contributed by atoms with Crippen molar-refractivity contribution in [2.75, 3.05) is 0 Å². The Bertz CT molecular complexity index is 336. The highest BCUT2D eigenvalue weighted by molar-refractivity contribution is 7.09. The summed E-state index contributed by atoms with van der Waals surface area (Å²) < 4.78 is 2.09. The minimum absolute atomic E-state index is 0.416. The van der Waals surface area contributed by atoms with Gasteiger partial charge < -0.3 is 10.8 Å². The van der Waals surface area contributed by atoms with Crippen LogP contribution in [-0.4, -0.2) is 17.1 Å². The van der Waals surface area contributed by atoms with Gasteiger partial charge in [-0.2, -0.15) is 4.57 Å². The summed E-state index contributed by atoms with van der Waals surface area (Å²) in [4.78, 5) is 11.6. The van der Waals surface area contributed by atoms with Crippen LogP contribution in [0.5, 0.6) is 0 Å². The third-order valence-electron chi connectivity index (χ3n) is 2.22. The van der Waals surface area contributed by atoms with Gasteiger partial charge in [0.1, 0.15) is 12.6 Å². The van der Waals surface area contributed by atoms with Crippen LogP contribution in [0.15, 0.2) is 5.51 Å². The second-order valence-electron chi connectivity index (χ2n) is 3.17. The van der Waals surface area contributed by atoms with Crippen LogP contribution in [0.3, 0.4) is 0 Å². The fourth-order valence-corrected chi connectivity index (χ4v) is 2.37. The molecule has 0 aliphatic heterocycles. The van der Waals surface area contributed by atoms with E-state index in [4.69, 9.17) is 10.8 Å². The van der Waals surface area contributed by atoms with E-state index in [0.29, 0.717) is 6.42 Å². The van der Waals surface area contributed by atoms with Gasteiger partial charge in [-0.25, -0.2) is 0 Å². The second-order valence-corrected chi connectivity index (χ2v) is 4.11. The van der Waals surface area contributed by atoms with Crippen molar-refractivity contribution >= 4 is 17.3 Å². The first-order chi connectivity index (χ1) is 6.56. The molecular formula is C9H15N2O2S+. The minimum Gasteiger partial charge on any atom is -0.480 e. The van der Waals surface area contributed by atoms with E-state index in [9.17, 15) is 4.79 Å². The van der Waals surface area contributed by atoms with Gasteiger partial charge in [0.05, 0.1) is 4.88 Å². The van der Waals surface area contributed by atoms with Gasteiger partial charge in [-0.15, -0.1) is 0 Å². The number of hydrogen-bond donors (Lipinski definition) is 2. The average molecular weight is 215 g/mol. The van der Waals surface area contributed by atoms with Crippen LogP contribution in [-0.2, 0) is 17.8 Å². The summed E-state index contributed by atoms with van der Waals surface area (Å²) in [7, 11) is 0. The van der Waals surface area contributed by atoms with Gasteiger partial charge in [0.25, 0.3) is 0 Å². The Morgan fingerprint density at radius 2 is 2.43 bits per heavy atom. The van der Waals surface area contributed by atoms with E-state index >= 15 is 0 Å². The topological polar surface area (TPSA) is 67.2 Å². The summed E-state index contributed by atoms with van der Waals surface area (Å²) in [6.07, 6.45) is 0.416. The molecule has 0 bridgehead atoms. The van der Waals surface area contributed by atoms with E-state index in [1.807, 2.05) is 12.4 Å². The van der Waals surface area contributed by atoms with Crippen LogP contribution >= 0.6 is 11.3 Å². The van der Waals surface area contributed by atoms with Crippen molar-refractivity contribution < 1.29 is 14.5 Å². The van der Waals surface area contributed by atoms with Gasteiger partial charge in [-0.1, -0.05) is 11.3 Å². The number of carboxylic acids is 1. The number of hydrogen-bond acceptors (Lipinski definition) is 3. The molecule has 3 N–H and O–H groups in total. The SMILES string of the molecule is CC[n+]1csc(C[C@H](N)C(=O)O)c1C. The van der Waals surface area contributed by atoms with Gasteiger partial charge in [0, 0.05) is 13.3 Å². The van der Waals surface area contributed by atoms with E-state index in [0.717, 1.165) is 17.1 Å². The lowest BCUT2D eigenvalue weighted by Crippen LogP contribution is -2.35. The first-order valence-electron chi connectivity index (χ1n) is 4.51. The predicted octanol–water partition coefficient (Wildman–Crippen LogP) is 0.318. The molecule has 1 atom stereocenters. The third-order valence-corrected chi connectivity index (χ3v) is 3.33. The van der Waals surface area contributed by atoms with Crippen LogP contribution in [0.4, 0.5) is 0 Å². The third kappa shape index (κ3) is 2.30. The predicted molar refractivity (Wildman–Crippen MR) is 54.2 cm³/mol.